The number of nitrogens with one attached hydrogen (secondary N) is 1. The van der Waals surface area contributed by atoms with Crippen LogP contribution in [-0.4, -0.2) is 36.5 Å². The molecule has 2 aromatic rings. The van der Waals surface area contributed by atoms with Gasteiger partial charge >= 0.3 is 0 Å². The second-order valence-corrected chi connectivity index (χ2v) is 7.20. The molecule has 0 bridgehead atoms. The van der Waals surface area contributed by atoms with Crippen LogP contribution in [0.1, 0.15) is 10.5 Å². The van der Waals surface area contributed by atoms with Gasteiger partial charge in [-0.15, -0.1) is 0 Å². The Bertz CT molecular complexity index is 795. The van der Waals surface area contributed by atoms with Gasteiger partial charge in [-0.05, 0) is 12.1 Å². The van der Waals surface area contributed by atoms with E-state index in [9.17, 15) is 13.2 Å². The van der Waals surface area contributed by atoms with Gasteiger partial charge in [0.1, 0.15) is 0 Å². The molecule has 20 heavy (non-hydrogen) atoms. The lowest BCUT2D eigenvalue weighted by molar-refractivity contribution is 0.0954. The number of sulfone groups is 1. The number of hydrogen-bond acceptors (Lipinski definition) is 4. The standard InChI is InChI=1S/C12H12BrN3O3S/c1-8(13)7-14-11(17)10-9-5-3-4-6-16(9)12(15-10)20(2,18)19/h3-6H,1,7H2,2H3,(H,14,17). The van der Waals surface area contributed by atoms with Gasteiger partial charge in [0.05, 0.1) is 5.52 Å². The van der Waals surface area contributed by atoms with Crippen molar-refractivity contribution in [1.82, 2.24) is 14.7 Å². The van der Waals surface area contributed by atoms with E-state index in [1.54, 1.807) is 24.4 Å². The number of carbonyl (C=O) groups is 1. The maximum absolute atomic E-state index is 12.1. The topological polar surface area (TPSA) is 80.5 Å². The van der Waals surface area contributed by atoms with Gasteiger partial charge in [0.15, 0.2) is 5.69 Å². The molecule has 1 amide bonds. The molecule has 2 heterocycles. The number of amides is 1. The number of aromatic nitrogens is 2. The van der Waals surface area contributed by atoms with Crippen molar-refractivity contribution in [2.75, 3.05) is 12.8 Å². The Morgan fingerprint density at radius 2 is 2.20 bits per heavy atom. The summed E-state index contributed by atoms with van der Waals surface area (Å²) < 4.78 is 25.4. The van der Waals surface area contributed by atoms with Crippen LogP contribution < -0.4 is 5.32 Å². The fraction of sp³-hybridized carbons (Fsp3) is 0.167. The van der Waals surface area contributed by atoms with Crippen molar-refractivity contribution < 1.29 is 13.2 Å². The van der Waals surface area contributed by atoms with Crippen molar-refractivity contribution in [2.24, 2.45) is 0 Å². The number of hydrogen-bond donors (Lipinski definition) is 1. The van der Waals surface area contributed by atoms with Crippen LogP contribution in [0, 0.1) is 0 Å². The number of pyridine rings is 1. The van der Waals surface area contributed by atoms with Gasteiger partial charge in [-0.3, -0.25) is 9.20 Å². The Morgan fingerprint density at radius 1 is 1.50 bits per heavy atom. The molecule has 0 saturated heterocycles. The molecule has 1 N–H and O–H groups in total. The minimum Gasteiger partial charge on any atom is -0.346 e. The number of nitrogens with zero attached hydrogens (tertiary/aromatic N) is 2. The van der Waals surface area contributed by atoms with E-state index in [0.717, 1.165) is 6.26 Å². The highest BCUT2D eigenvalue weighted by Crippen LogP contribution is 2.16. The maximum Gasteiger partial charge on any atom is 0.272 e. The number of rotatable bonds is 4. The van der Waals surface area contributed by atoms with Crippen LogP contribution in [-0.2, 0) is 9.84 Å². The first-order chi connectivity index (χ1) is 9.30. The molecule has 8 heteroatoms. The first-order valence-corrected chi connectivity index (χ1v) is 8.28. The van der Waals surface area contributed by atoms with Gasteiger partial charge in [0, 0.05) is 23.5 Å². The van der Waals surface area contributed by atoms with Crippen LogP contribution in [0.4, 0.5) is 0 Å². The monoisotopic (exact) mass is 357 g/mol. The van der Waals surface area contributed by atoms with Gasteiger partial charge in [0.2, 0.25) is 15.0 Å². The molecule has 0 fully saturated rings. The van der Waals surface area contributed by atoms with Crippen LogP contribution in [0.5, 0.6) is 0 Å². The van der Waals surface area contributed by atoms with Gasteiger partial charge in [-0.1, -0.05) is 28.6 Å². The summed E-state index contributed by atoms with van der Waals surface area (Å²) >= 11 is 3.13. The van der Waals surface area contributed by atoms with E-state index in [4.69, 9.17) is 0 Å². The van der Waals surface area contributed by atoms with Gasteiger partial charge in [-0.25, -0.2) is 13.4 Å². The Balaban J connectivity index is 2.55. The molecule has 0 unspecified atom stereocenters. The highest BCUT2D eigenvalue weighted by molar-refractivity contribution is 9.11. The van der Waals surface area contributed by atoms with Gasteiger partial charge in [-0.2, -0.15) is 0 Å². The van der Waals surface area contributed by atoms with Crippen molar-refractivity contribution in [3.8, 4) is 0 Å². The Morgan fingerprint density at radius 3 is 2.80 bits per heavy atom. The maximum atomic E-state index is 12.1. The zero-order chi connectivity index (χ0) is 14.9. The predicted octanol–water partition coefficient (Wildman–Crippen LogP) is 1.38. The zero-order valence-electron chi connectivity index (χ0n) is 10.6. The average Bonchev–Trinajstić information content (AvgIpc) is 2.75. The highest BCUT2D eigenvalue weighted by atomic mass is 79.9. The van der Waals surface area contributed by atoms with E-state index >= 15 is 0 Å². The molecule has 0 aliphatic carbocycles. The summed E-state index contributed by atoms with van der Waals surface area (Å²) in [5.41, 5.74) is 0.505. The average molecular weight is 358 g/mol. The van der Waals surface area contributed by atoms with E-state index < -0.39 is 15.7 Å². The van der Waals surface area contributed by atoms with E-state index in [1.807, 2.05) is 0 Å². The minimum absolute atomic E-state index is 0.0692. The molecule has 106 valence electrons. The molecular formula is C12H12BrN3O3S. The number of fused-ring (bicyclic) bond motifs is 1. The number of imidazole rings is 1. The third-order valence-corrected chi connectivity index (χ3v) is 3.74. The lowest BCUT2D eigenvalue weighted by Crippen LogP contribution is -2.25. The van der Waals surface area contributed by atoms with Gasteiger partial charge < -0.3 is 5.32 Å². The van der Waals surface area contributed by atoms with E-state index in [2.05, 4.69) is 32.8 Å². The van der Waals surface area contributed by atoms with E-state index in [0.29, 0.717) is 10.00 Å². The summed E-state index contributed by atoms with van der Waals surface area (Å²) in [5, 5.41) is 2.44. The first kappa shape index (κ1) is 14.7. The zero-order valence-corrected chi connectivity index (χ0v) is 13.0. The summed E-state index contributed by atoms with van der Waals surface area (Å²) in [6.45, 7) is 3.84. The Labute approximate surface area is 124 Å². The third-order valence-electron chi connectivity index (χ3n) is 2.50. The lowest BCUT2D eigenvalue weighted by Gasteiger charge is -2.01. The molecule has 0 atom stereocenters. The summed E-state index contributed by atoms with van der Waals surface area (Å²) in [6, 6.07) is 5.02. The van der Waals surface area contributed by atoms with Crippen molar-refractivity contribution >= 4 is 37.2 Å². The molecule has 0 radical (unpaired) electrons. The number of carbonyl (C=O) groups excluding carboxylic acids is 1. The summed E-state index contributed by atoms with van der Waals surface area (Å²) in [4.78, 5) is 16.0. The molecule has 0 aromatic carbocycles. The van der Waals surface area contributed by atoms with Crippen LogP contribution in [0.15, 0.2) is 40.6 Å². The largest absolute Gasteiger partial charge is 0.346 e. The highest BCUT2D eigenvalue weighted by Gasteiger charge is 2.22. The molecule has 0 spiro atoms. The summed E-state index contributed by atoms with van der Waals surface area (Å²) in [7, 11) is -3.53. The van der Waals surface area contributed by atoms with Crippen LogP contribution in [0.3, 0.4) is 0 Å². The first-order valence-electron chi connectivity index (χ1n) is 5.59. The van der Waals surface area contributed by atoms with E-state index in [-0.39, 0.29) is 17.4 Å². The van der Waals surface area contributed by atoms with Crippen molar-refractivity contribution in [2.45, 2.75) is 5.16 Å². The van der Waals surface area contributed by atoms with Gasteiger partial charge in [0.25, 0.3) is 5.91 Å². The van der Waals surface area contributed by atoms with Crippen LogP contribution >= 0.6 is 15.9 Å². The second kappa shape index (κ2) is 5.37. The molecule has 2 rings (SSSR count). The smallest absolute Gasteiger partial charge is 0.272 e. The van der Waals surface area contributed by atoms with Crippen LogP contribution in [0.2, 0.25) is 0 Å². The molecular weight excluding hydrogens is 346 g/mol. The normalized spacial score (nSPS) is 11.5. The summed E-state index contributed by atoms with van der Waals surface area (Å²) in [5.74, 6) is -0.454. The lowest BCUT2D eigenvalue weighted by atomic mass is 10.3. The molecule has 0 saturated carbocycles. The van der Waals surface area contributed by atoms with E-state index in [1.165, 1.54) is 4.40 Å². The minimum atomic E-state index is -3.53. The SMILES string of the molecule is C=C(Br)CNC(=O)c1nc(S(C)(=O)=O)n2ccccc12. The molecule has 0 aliphatic rings. The molecule has 6 nitrogen and oxygen atoms in total. The molecule has 0 aliphatic heterocycles. The summed E-state index contributed by atoms with van der Waals surface area (Å²) in [6.07, 6.45) is 2.61. The number of halogens is 1. The third kappa shape index (κ3) is 2.91. The van der Waals surface area contributed by atoms with Crippen molar-refractivity contribution in [1.29, 1.82) is 0 Å². The quantitative estimate of drug-likeness (QED) is 0.895. The fourth-order valence-corrected chi connectivity index (χ4v) is 2.61. The van der Waals surface area contributed by atoms with Crippen molar-refractivity contribution in [3.05, 3.63) is 41.2 Å². The predicted molar refractivity (Wildman–Crippen MR) is 78.7 cm³/mol. The van der Waals surface area contributed by atoms with Crippen LogP contribution in [0.25, 0.3) is 5.52 Å². The Hall–Kier alpha value is -1.67. The fourth-order valence-electron chi connectivity index (χ4n) is 1.70. The van der Waals surface area contributed by atoms with Crippen molar-refractivity contribution in [3.63, 3.8) is 0 Å². The molecule has 2 aromatic heterocycles. The second-order valence-electron chi connectivity index (χ2n) is 4.17. The Kier molecular flexibility index (Phi) is 3.96.